The predicted octanol–water partition coefficient (Wildman–Crippen LogP) is 3.90. The maximum absolute atomic E-state index is 11.8. The SMILES string of the molecule is C=CCOC(=O)C[C@H]1CC[C@H](C)[C@@H]([C@H](C)OCc2ccc(OC)cc2)O1. The summed E-state index contributed by atoms with van der Waals surface area (Å²) in [6, 6.07) is 7.84. The van der Waals surface area contributed by atoms with E-state index in [4.69, 9.17) is 18.9 Å². The van der Waals surface area contributed by atoms with Crippen LogP contribution in [0.4, 0.5) is 0 Å². The molecule has 5 heteroatoms. The van der Waals surface area contributed by atoms with Gasteiger partial charge in [0.05, 0.1) is 38.4 Å². The van der Waals surface area contributed by atoms with Gasteiger partial charge in [-0.15, -0.1) is 0 Å². The van der Waals surface area contributed by atoms with Crippen LogP contribution >= 0.6 is 0 Å². The van der Waals surface area contributed by atoms with Crippen molar-refractivity contribution in [3.05, 3.63) is 42.5 Å². The molecule has 144 valence electrons. The first-order valence-corrected chi connectivity index (χ1v) is 9.20. The summed E-state index contributed by atoms with van der Waals surface area (Å²) in [5.74, 6) is 0.980. The summed E-state index contributed by atoms with van der Waals surface area (Å²) in [6.45, 7) is 8.51. The van der Waals surface area contributed by atoms with E-state index in [9.17, 15) is 4.79 Å². The van der Waals surface area contributed by atoms with Gasteiger partial charge in [-0.1, -0.05) is 31.7 Å². The molecule has 1 saturated heterocycles. The molecule has 0 bridgehead atoms. The third kappa shape index (κ3) is 6.15. The molecule has 1 aliphatic heterocycles. The molecule has 0 unspecified atom stereocenters. The number of ether oxygens (including phenoxy) is 4. The predicted molar refractivity (Wildman–Crippen MR) is 100 cm³/mol. The Morgan fingerprint density at radius 1 is 1.35 bits per heavy atom. The Labute approximate surface area is 156 Å². The molecule has 0 aromatic heterocycles. The Bertz CT molecular complexity index is 568. The van der Waals surface area contributed by atoms with Gasteiger partial charge < -0.3 is 18.9 Å². The van der Waals surface area contributed by atoms with Crippen molar-refractivity contribution in [1.82, 2.24) is 0 Å². The zero-order valence-corrected chi connectivity index (χ0v) is 16.0. The van der Waals surface area contributed by atoms with Crippen molar-refractivity contribution in [3.63, 3.8) is 0 Å². The van der Waals surface area contributed by atoms with Gasteiger partial charge >= 0.3 is 5.97 Å². The van der Waals surface area contributed by atoms with Crippen LogP contribution < -0.4 is 4.74 Å². The monoisotopic (exact) mass is 362 g/mol. The number of carbonyl (C=O) groups excluding carboxylic acids is 1. The molecular formula is C21H30O5. The van der Waals surface area contributed by atoms with Crippen LogP contribution in [0.5, 0.6) is 5.75 Å². The molecule has 2 rings (SSSR count). The van der Waals surface area contributed by atoms with Crippen LogP contribution in [0, 0.1) is 5.92 Å². The van der Waals surface area contributed by atoms with Gasteiger partial charge in [0.25, 0.3) is 0 Å². The highest BCUT2D eigenvalue weighted by atomic mass is 16.6. The van der Waals surface area contributed by atoms with E-state index in [1.165, 1.54) is 0 Å². The fourth-order valence-electron chi connectivity index (χ4n) is 3.20. The van der Waals surface area contributed by atoms with Crippen LogP contribution in [0.3, 0.4) is 0 Å². The van der Waals surface area contributed by atoms with Gasteiger partial charge in [0.2, 0.25) is 0 Å². The third-order valence-electron chi connectivity index (χ3n) is 4.75. The lowest BCUT2D eigenvalue weighted by Gasteiger charge is -2.37. The molecule has 1 aliphatic rings. The molecule has 1 fully saturated rings. The van der Waals surface area contributed by atoms with Crippen LogP contribution in [0.2, 0.25) is 0 Å². The van der Waals surface area contributed by atoms with Gasteiger partial charge in [-0.25, -0.2) is 0 Å². The van der Waals surface area contributed by atoms with Crippen LogP contribution in [0.1, 0.15) is 38.7 Å². The van der Waals surface area contributed by atoms with Gasteiger partial charge in [-0.2, -0.15) is 0 Å². The van der Waals surface area contributed by atoms with Crippen LogP contribution in [0.25, 0.3) is 0 Å². The average molecular weight is 362 g/mol. The highest BCUT2D eigenvalue weighted by Gasteiger charge is 2.33. The molecule has 0 amide bonds. The van der Waals surface area contributed by atoms with Crippen molar-refractivity contribution >= 4 is 5.97 Å². The lowest BCUT2D eigenvalue weighted by atomic mass is 9.89. The van der Waals surface area contributed by atoms with Crippen LogP contribution in [-0.4, -0.2) is 38.0 Å². The number of rotatable bonds is 9. The molecule has 1 heterocycles. The second-order valence-corrected chi connectivity index (χ2v) is 6.82. The van der Waals surface area contributed by atoms with E-state index < -0.39 is 0 Å². The minimum atomic E-state index is -0.241. The average Bonchev–Trinajstić information content (AvgIpc) is 2.66. The van der Waals surface area contributed by atoms with E-state index in [2.05, 4.69) is 13.5 Å². The molecule has 5 nitrogen and oxygen atoms in total. The van der Waals surface area contributed by atoms with E-state index >= 15 is 0 Å². The lowest BCUT2D eigenvalue weighted by molar-refractivity contribution is -0.163. The van der Waals surface area contributed by atoms with Gasteiger partial charge in [0, 0.05) is 0 Å². The normalized spacial score (nSPS) is 23.9. The molecule has 0 spiro atoms. The molecule has 4 atom stereocenters. The summed E-state index contributed by atoms with van der Waals surface area (Å²) in [7, 11) is 1.65. The van der Waals surface area contributed by atoms with Crippen molar-refractivity contribution in [2.75, 3.05) is 13.7 Å². The molecule has 26 heavy (non-hydrogen) atoms. The Morgan fingerprint density at radius 3 is 2.73 bits per heavy atom. The summed E-state index contributed by atoms with van der Waals surface area (Å²) in [5.41, 5.74) is 1.09. The highest BCUT2D eigenvalue weighted by Crippen LogP contribution is 2.30. The topological polar surface area (TPSA) is 54.0 Å². The number of hydrogen-bond acceptors (Lipinski definition) is 5. The maximum atomic E-state index is 11.8. The Kier molecular flexibility index (Phi) is 8.13. The Balaban J connectivity index is 1.83. The first kappa shape index (κ1) is 20.5. The van der Waals surface area contributed by atoms with Crippen LogP contribution in [0.15, 0.2) is 36.9 Å². The Morgan fingerprint density at radius 2 is 2.08 bits per heavy atom. The lowest BCUT2D eigenvalue weighted by Crippen LogP contribution is -2.42. The maximum Gasteiger partial charge on any atom is 0.308 e. The first-order chi connectivity index (χ1) is 12.5. The van der Waals surface area contributed by atoms with E-state index in [0.717, 1.165) is 24.2 Å². The Hall–Kier alpha value is -1.85. The molecule has 0 aliphatic carbocycles. The molecular weight excluding hydrogens is 332 g/mol. The zero-order valence-electron chi connectivity index (χ0n) is 16.0. The third-order valence-corrected chi connectivity index (χ3v) is 4.75. The number of benzene rings is 1. The molecule has 1 aromatic carbocycles. The molecule has 0 saturated carbocycles. The van der Waals surface area contributed by atoms with E-state index in [1.54, 1.807) is 13.2 Å². The second kappa shape index (κ2) is 10.3. The summed E-state index contributed by atoms with van der Waals surface area (Å²) < 4.78 is 22.4. The summed E-state index contributed by atoms with van der Waals surface area (Å²) in [6.07, 6.45) is 3.53. The number of esters is 1. The fourth-order valence-corrected chi connectivity index (χ4v) is 3.20. The quantitative estimate of drug-likeness (QED) is 0.492. The van der Waals surface area contributed by atoms with Crippen molar-refractivity contribution < 1.29 is 23.7 Å². The largest absolute Gasteiger partial charge is 0.497 e. The zero-order chi connectivity index (χ0) is 18.9. The number of methoxy groups -OCH3 is 1. The van der Waals surface area contributed by atoms with Crippen molar-refractivity contribution in [3.8, 4) is 5.75 Å². The minimum Gasteiger partial charge on any atom is -0.497 e. The summed E-state index contributed by atoms with van der Waals surface area (Å²) >= 11 is 0. The second-order valence-electron chi connectivity index (χ2n) is 6.82. The van der Waals surface area contributed by atoms with Crippen molar-refractivity contribution in [2.24, 2.45) is 5.92 Å². The fraction of sp³-hybridized carbons (Fsp3) is 0.571. The summed E-state index contributed by atoms with van der Waals surface area (Å²) in [5, 5.41) is 0. The smallest absolute Gasteiger partial charge is 0.308 e. The molecule has 1 aromatic rings. The van der Waals surface area contributed by atoms with Gasteiger partial charge in [0.1, 0.15) is 12.4 Å². The molecule has 0 radical (unpaired) electrons. The van der Waals surface area contributed by atoms with E-state index in [-0.39, 0.29) is 37.3 Å². The molecule has 0 N–H and O–H groups in total. The van der Waals surface area contributed by atoms with E-state index in [0.29, 0.717) is 12.5 Å². The minimum absolute atomic E-state index is 0.0285. The van der Waals surface area contributed by atoms with E-state index in [1.807, 2.05) is 31.2 Å². The van der Waals surface area contributed by atoms with Crippen molar-refractivity contribution in [2.45, 2.75) is 58.0 Å². The summed E-state index contributed by atoms with van der Waals surface area (Å²) in [4.78, 5) is 11.8. The standard InChI is InChI=1S/C21H30O5/c1-5-12-24-20(22)13-19-9-6-15(2)21(26-19)16(3)25-14-17-7-10-18(23-4)11-8-17/h5,7-8,10-11,15-16,19,21H,1,6,9,12-14H2,2-4H3/t15-,16-,19+,21-/m0/s1. The van der Waals surface area contributed by atoms with Crippen LogP contribution in [-0.2, 0) is 25.6 Å². The van der Waals surface area contributed by atoms with Gasteiger partial charge in [0.15, 0.2) is 0 Å². The number of hydrogen-bond donors (Lipinski definition) is 0. The van der Waals surface area contributed by atoms with Gasteiger partial charge in [-0.3, -0.25) is 4.79 Å². The number of carbonyl (C=O) groups is 1. The first-order valence-electron chi connectivity index (χ1n) is 9.20. The highest BCUT2D eigenvalue weighted by molar-refractivity contribution is 5.70. The van der Waals surface area contributed by atoms with Gasteiger partial charge in [-0.05, 0) is 43.4 Å². The van der Waals surface area contributed by atoms with Crippen molar-refractivity contribution in [1.29, 1.82) is 0 Å².